The van der Waals surface area contributed by atoms with Gasteiger partial charge >= 0.3 is 24.0 Å². The maximum absolute atomic E-state index is 13.0. The number of benzene rings is 2. The molecule has 2 aromatic carbocycles. The fraction of sp³-hybridized carbons (Fsp3) is 0.659. The molecule has 0 N–H and O–H groups in total. The molecule has 0 aliphatic heterocycles. The second-order valence-corrected chi connectivity index (χ2v) is 16.5. The Hall–Kier alpha value is -2.62. The van der Waals surface area contributed by atoms with Crippen molar-refractivity contribution in [3.63, 3.8) is 0 Å². The summed E-state index contributed by atoms with van der Waals surface area (Å²) in [7, 11) is 0. The second-order valence-electron chi connectivity index (χ2n) is 15.3. The molecule has 0 amide bonds. The third kappa shape index (κ3) is 9.88. The summed E-state index contributed by atoms with van der Waals surface area (Å²) in [6.45, 7) is 3.86. The Morgan fingerprint density at radius 2 is 1.55 bits per heavy atom. The molecule has 2 aromatic rings. The van der Waals surface area contributed by atoms with Gasteiger partial charge in [-0.3, -0.25) is 4.79 Å². The van der Waals surface area contributed by atoms with E-state index in [1.54, 1.807) is 12.1 Å². The van der Waals surface area contributed by atoms with Gasteiger partial charge in [-0.2, -0.15) is 33.7 Å². The van der Waals surface area contributed by atoms with E-state index in [4.69, 9.17) is 9.47 Å². The number of carbonyl (C=O) groups excluding carboxylic acids is 2. The van der Waals surface area contributed by atoms with Crippen LogP contribution in [0.1, 0.15) is 131 Å². The van der Waals surface area contributed by atoms with Crippen molar-refractivity contribution in [1.82, 2.24) is 0 Å². The van der Waals surface area contributed by atoms with Crippen molar-refractivity contribution in [3.05, 3.63) is 65.2 Å². The smallest absolute Gasteiger partial charge is 0.453 e. The van der Waals surface area contributed by atoms with Crippen LogP contribution in [0.4, 0.5) is 22.0 Å². The molecule has 0 radical (unpaired) electrons. The molecule has 0 heterocycles. The summed E-state index contributed by atoms with van der Waals surface area (Å²) in [5.74, 6) is -1.51. The van der Waals surface area contributed by atoms with E-state index in [0.717, 1.165) is 89.2 Å². The molecule has 2 fully saturated rings. The van der Waals surface area contributed by atoms with Crippen LogP contribution in [0.2, 0.25) is 0 Å². The van der Waals surface area contributed by atoms with E-state index in [-0.39, 0.29) is 29.9 Å². The first kappa shape index (κ1) is 39.6. The van der Waals surface area contributed by atoms with Gasteiger partial charge in [-0.25, -0.2) is 4.79 Å². The van der Waals surface area contributed by atoms with Crippen LogP contribution in [0.3, 0.4) is 0 Å². The fourth-order valence-electron chi connectivity index (χ4n) is 9.33. The van der Waals surface area contributed by atoms with Gasteiger partial charge in [0.05, 0.1) is 5.56 Å². The Labute approximate surface area is 304 Å². The highest BCUT2D eigenvalue weighted by molar-refractivity contribution is 7.99. The number of ether oxygens (including phenoxy) is 2. The monoisotopic (exact) mass is 736 g/mol. The number of esters is 2. The Bertz CT molecular complexity index is 1450. The number of hydrogen-bond donors (Lipinski definition) is 0. The molecule has 3 aliphatic carbocycles. The summed E-state index contributed by atoms with van der Waals surface area (Å²) in [6.07, 6.45) is 7.03. The molecule has 3 aliphatic rings. The first-order chi connectivity index (χ1) is 24.3. The van der Waals surface area contributed by atoms with Crippen LogP contribution in [0, 0.1) is 23.2 Å². The van der Waals surface area contributed by atoms with E-state index in [1.807, 2.05) is 24.3 Å². The fourth-order valence-corrected chi connectivity index (χ4v) is 10.3. The number of alkyl halides is 5. The quantitative estimate of drug-likeness (QED) is 0.0700. The van der Waals surface area contributed by atoms with E-state index < -0.39 is 18.5 Å². The highest BCUT2D eigenvalue weighted by Crippen LogP contribution is 2.63. The minimum absolute atomic E-state index is 0.0137. The number of carbonyl (C=O) groups is 2. The van der Waals surface area contributed by atoms with E-state index >= 15 is 0 Å². The predicted molar refractivity (Wildman–Crippen MR) is 191 cm³/mol. The van der Waals surface area contributed by atoms with Gasteiger partial charge in [0.15, 0.2) is 0 Å². The van der Waals surface area contributed by atoms with E-state index in [9.17, 15) is 31.5 Å². The average Bonchev–Trinajstić information content (AvgIpc) is 3.41. The molecule has 2 saturated carbocycles. The number of thioether (sulfide) groups is 1. The lowest BCUT2D eigenvalue weighted by molar-refractivity contribution is -0.284. The first-order valence-corrected chi connectivity index (χ1v) is 20.0. The van der Waals surface area contributed by atoms with Crippen LogP contribution < -0.4 is 4.74 Å². The zero-order chi connectivity index (χ0) is 36.6. The van der Waals surface area contributed by atoms with Crippen LogP contribution >= 0.6 is 11.8 Å². The molecule has 6 atom stereocenters. The molecular formula is C41H53F5O4S. The van der Waals surface area contributed by atoms with Crippen LogP contribution in [-0.4, -0.2) is 41.6 Å². The molecule has 0 spiro atoms. The third-order valence-corrected chi connectivity index (χ3v) is 13.0. The highest BCUT2D eigenvalue weighted by Gasteiger charge is 2.58. The molecule has 5 rings (SSSR count). The number of unbranched alkanes of at least 4 members (excludes halogenated alkanes) is 6. The maximum Gasteiger partial charge on any atom is 0.453 e. The normalized spacial score (nSPS) is 25.8. The molecule has 10 heteroatoms. The lowest BCUT2D eigenvalue weighted by Gasteiger charge is -2.53. The summed E-state index contributed by atoms with van der Waals surface area (Å²) in [5, 5.41) is 0. The average molecular weight is 737 g/mol. The number of fused-ring (bicyclic) bond motifs is 5. The SMILES string of the molecule is CC(=O)O[C@H]1CC[C@H]2[C@@H]3[C@H](CCCCCCCCCSCCCC(F)(F)C(F)(F)F)Cc4cc(OC(=O)c5ccccc5)ccc4[C@H]3CC[C@]12C. The minimum Gasteiger partial charge on any atom is -0.462 e. The zero-order valence-corrected chi connectivity index (χ0v) is 30.8. The molecule has 0 aromatic heterocycles. The molecule has 0 saturated heterocycles. The summed E-state index contributed by atoms with van der Waals surface area (Å²) in [5.41, 5.74) is 3.17. The van der Waals surface area contributed by atoms with E-state index in [2.05, 4.69) is 19.1 Å². The van der Waals surface area contributed by atoms with Crippen molar-refractivity contribution in [2.24, 2.45) is 23.2 Å². The highest BCUT2D eigenvalue weighted by atomic mass is 32.2. The summed E-state index contributed by atoms with van der Waals surface area (Å²) in [4.78, 5) is 24.8. The standard InChI is InChI=1S/C41H53F5O4S/c1-28(47)49-36-20-19-35-37-30(16-9-6-4-3-5-7-12-24-51-25-13-22-40(42,43)41(44,45)46)26-31-27-32(50-38(48)29-14-10-8-11-15-29)17-18-33(31)34(37)21-23-39(35,36)2/h8,10-11,14-15,17-18,27,30,34-37H,3-7,9,12-13,16,19-26H2,1-2H3/t30-,34-,35+,36+,37-,39+/m1/s1. The van der Waals surface area contributed by atoms with Crippen LogP contribution in [0.15, 0.2) is 48.5 Å². The molecule has 0 unspecified atom stereocenters. The van der Waals surface area contributed by atoms with Crippen molar-refractivity contribution in [2.45, 2.75) is 134 Å². The summed E-state index contributed by atoms with van der Waals surface area (Å²) < 4.78 is 74.7. The number of halogens is 5. The molecule has 282 valence electrons. The lowest BCUT2D eigenvalue weighted by Crippen LogP contribution is -2.48. The van der Waals surface area contributed by atoms with Gasteiger partial charge in [-0.1, -0.05) is 69.7 Å². The van der Waals surface area contributed by atoms with Crippen molar-refractivity contribution >= 4 is 23.7 Å². The largest absolute Gasteiger partial charge is 0.462 e. The van der Waals surface area contributed by atoms with Gasteiger partial charge in [-0.15, -0.1) is 0 Å². The molecule has 0 bridgehead atoms. The molecular weight excluding hydrogens is 684 g/mol. The van der Waals surface area contributed by atoms with Crippen LogP contribution in [0.25, 0.3) is 0 Å². The maximum atomic E-state index is 13.0. The zero-order valence-electron chi connectivity index (χ0n) is 30.0. The Morgan fingerprint density at radius 1 is 0.863 bits per heavy atom. The Kier molecular flexibility index (Phi) is 13.6. The van der Waals surface area contributed by atoms with Crippen molar-refractivity contribution in [3.8, 4) is 5.75 Å². The van der Waals surface area contributed by atoms with Gasteiger partial charge in [0.1, 0.15) is 11.9 Å². The van der Waals surface area contributed by atoms with E-state index in [0.29, 0.717) is 40.7 Å². The van der Waals surface area contributed by atoms with Gasteiger partial charge in [-0.05, 0) is 122 Å². The van der Waals surface area contributed by atoms with Gasteiger partial charge in [0.2, 0.25) is 0 Å². The lowest BCUT2D eigenvalue weighted by atomic mass is 9.52. The summed E-state index contributed by atoms with van der Waals surface area (Å²) >= 11 is 1.46. The minimum atomic E-state index is -5.46. The van der Waals surface area contributed by atoms with Crippen molar-refractivity contribution < 1.29 is 41.0 Å². The van der Waals surface area contributed by atoms with Gasteiger partial charge in [0, 0.05) is 18.8 Å². The van der Waals surface area contributed by atoms with Crippen LogP contribution in [0.5, 0.6) is 5.75 Å². The predicted octanol–water partition coefficient (Wildman–Crippen LogP) is 11.8. The Balaban J connectivity index is 1.12. The second kappa shape index (κ2) is 17.5. The molecule has 4 nitrogen and oxygen atoms in total. The third-order valence-electron chi connectivity index (χ3n) is 11.9. The first-order valence-electron chi connectivity index (χ1n) is 18.9. The molecule has 51 heavy (non-hydrogen) atoms. The Morgan fingerprint density at radius 3 is 2.25 bits per heavy atom. The number of rotatable bonds is 17. The van der Waals surface area contributed by atoms with Gasteiger partial charge < -0.3 is 9.47 Å². The van der Waals surface area contributed by atoms with Crippen molar-refractivity contribution in [1.29, 1.82) is 0 Å². The van der Waals surface area contributed by atoms with Crippen molar-refractivity contribution in [2.75, 3.05) is 11.5 Å². The topological polar surface area (TPSA) is 52.6 Å². The number of hydrogen-bond acceptors (Lipinski definition) is 5. The van der Waals surface area contributed by atoms with Gasteiger partial charge in [0.25, 0.3) is 0 Å². The van der Waals surface area contributed by atoms with E-state index in [1.165, 1.54) is 29.8 Å². The van der Waals surface area contributed by atoms with Crippen LogP contribution in [-0.2, 0) is 16.0 Å². The summed E-state index contributed by atoms with van der Waals surface area (Å²) in [6, 6.07) is 15.3.